The molecule has 5 nitrogen and oxygen atoms in total. The van der Waals surface area contributed by atoms with Gasteiger partial charge in [0.25, 0.3) is 5.91 Å². The molecule has 1 unspecified atom stereocenters. The van der Waals surface area contributed by atoms with Crippen molar-refractivity contribution in [3.8, 4) is 0 Å². The van der Waals surface area contributed by atoms with Gasteiger partial charge >= 0.3 is 5.97 Å². The van der Waals surface area contributed by atoms with E-state index in [0.717, 1.165) is 0 Å². The number of halogens is 1. The second kappa shape index (κ2) is 5.41. The second-order valence-electron chi connectivity index (χ2n) is 2.68. The first-order valence-electron chi connectivity index (χ1n) is 4.18. The first-order valence-corrected chi connectivity index (χ1v) is 4.62. The Labute approximate surface area is 91.3 Å². The minimum atomic E-state index is -0.895. The molecule has 1 atom stereocenters. The van der Waals surface area contributed by atoms with Gasteiger partial charge in [0.05, 0.1) is 13.4 Å². The molecule has 1 aromatic rings. The number of amides is 1. The Morgan fingerprint density at radius 1 is 1.67 bits per heavy atom. The van der Waals surface area contributed by atoms with Crippen molar-refractivity contribution in [3.05, 3.63) is 24.2 Å². The smallest absolute Gasteiger partial charge is 0.325 e. The predicted molar refractivity (Wildman–Crippen MR) is 52.7 cm³/mol. The molecule has 0 aliphatic carbocycles. The zero-order valence-corrected chi connectivity index (χ0v) is 8.78. The number of alkyl halides is 1. The Balaban J connectivity index is 2.38. The van der Waals surface area contributed by atoms with Crippen LogP contribution in [0.2, 0.25) is 0 Å². The van der Waals surface area contributed by atoms with Gasteiger partial charge in [-0.2, -0.15) is 0 Å². The Hall–Kier alpha value is -1.49. The van der Waals surface area contributed by atoms with Crippen LogP contribution in [-0.4, -0.2) is 30.9 Å². The van der Waals surface area contributed by atoms with E-state index in [0.29, 0.717) is 0 Å². The molecule has 0 saturated heterocycles. The summed E-state index contributed by atoms with van der Waals surface area (Å²) in [6.45, 7) is -0.00619. The summed E-state index contributed by atoms with van der Waals surface area (Å²) >= 11 is 5.62. The van der Waals surface area contributed by atoms with E-state index in [9.17, 15) is 9.59 Å². The summed E-state index contributed by atoms with van der Waals surface area (Å²) in [4.78, 5) is 22.2. The van der Waals surface area contributed by atoms with E-state index in [-0.39, 0.29) is 12.3 Å². The number of nitrogens with one attached hydrogen (secondary N) is 1. The third-order valence-electron chi connectivity index (χ3n) is 1.64. The summed E-state index contributed by atoms with van der Waals surface area (Å²) in [5.41, 5.74) is 0. The fourth-order valence-corrected chi connectivity index (χ4v) is 1.05. The third-order valence-corrected chi connectivity index (χ3v) is 1.98. The lowest BCUT2D eigenvalue weighted by Gasteiger charge is -2.07. The topological polar surface area (TPSA) is 68.5 Å². The Bertz CT molecular complexity index is 336. The van der Waals surface area contributed by atoms with E-state index in [1.54, 1.807) is 6.07 Å². The summed E-state index contributed by atoms with van der Waals surface area (Å²) in [5, 5.41) is 1.54. The third kappa shape index (κ3) is 3.28. The number of hydrogen-bond acceptors (Lipinski definition) is 4. The fourth-order valence-electron chi connectivity index (χ4n) is 0.888. The average Bonchev–Trinajstić information content (AvgIpc) is 2.77. The van der Waals surface area contributed by atoms with Crippen molar-refractivity contribution in [3.63, 3.8) is 0 Å². The molecule has 1 heterocycles. The molecule has 6 heteroatoms. The van der Waals surface area contributed by atoms with Gasteiger partial charge in [-0.1, -0.05) is 0 Å². The van der Waals surface area contributed by atoms with Crippen LogP contribution >= 0.6 is 11.6 Å². The molecular formula is C9H10ClNO4. The van der Waals surface area contributed by atoms with Crippen molar-refractivity contribution in [2.24, 2.45) is 0 Å². The van der Waals surface area contributed by atoms with Crippen LogP contribution in [0, 0.1) is 0 Å². The van der Waals surface area contributed by atoms with E-state index in [1.165, 1.54) is 19.4 Å². The van der Waals surface area contributed by atoms with Crippen LogP contribution < -0.4 is 5.32 Å². The van der Waals surface area contributed by atoms with Gasteiger partial charge in [-0.05, 0) is 12.1 Å². The predicted octanol–water partition coefficient (Wildman–Crippen LogP) is 0.790. The molecule has 1 N–H and O–H groups in total. The maximum absolute atomic E-state index is 11.3. The van der Waals surface area contributed by atoms with Gasteiger partial charge in [-0.25, -0.2) is 0 Å². The number of hydrogen-bond donors (Lipinski definition) is 1. The maximum atomic E-state index is 11.3. The SMILES string of the molecule is COC(=O)C(Cl)CNC(=O)c1ccco1. The van der Waals surface area contributed by atoms with E-state index < -0.39 is 17.3 Å². The van der Waals surface area contributed by atoms with Crippen molar-refractivity contribution in [1.29, 1.82) is 0 Å². The van der Waals surface area contributed by atoms with Crippen molar-refractivity contribution >= 4 is 23.5 Å². The zero-order valence-electron chi connectivity index (χ0n) is 8.03. The second-order valence-corrected chi connectivity index (χ2v) is 3.20. The van der Waals surface area contributed by atoms with Crippen LogP contribution in [0.5, 0.6) is 0 Å². The van der Waals surface area contributed by atoms with Crippen LogP contribution in [-0.2, 0) is 9.53 Å². The molecular weight excluding hydrogens is 222 g/mol. The van der Waals surface area contributed by atoms with Crippen LogP contribution in [0.1, 0.15) is 10.6 Å². The summed E-state index contributed by atoms with van der Waals surface area (Å²) < 4.78 is 9.23. The van der Waals surface area contributed by atoms with E-state index in [1.807, 2.05) is 0 Å². The van der Waals surface area contributed by atoms with Crippen LogP contribution in [0.15, 0.2) is 22.8 Å². The van der Waals surface area contributed by atoms with E-state index >= 15 is 0 Å². The van der Waals surface area contributed by atoms with Gasteiger partial charge in [-0.3, -0.25) is 9.59 Å². The number of esters is 1. The number of rotatable bonds is 4. The normalized spacial score (nSPS) is 11.9. The lowest BCUT2D eigenvalue weighted by Crippen LogP contribution is -2.34. The van der Waals surface area contributed by atoms with Crippen molar-refractivity contribution in [1.82, 2.24) is 5.32 Å². The molecule has 0 spiro atoms. The van der Waals surface area contributed by atoms with Crippen molar-refractivity contribution in [2.45, 2.75) is 5.38 Å². The van der Waals surface area contributed by atoms with Gasteiger partial charge in [0.2, 0.25) is 0 Å². The number of methoxy groups -OCH3 is 1. The molecule has 0 aromatic carbocycles. The molecule has 0 aliphatic heterocycles. The number of carbonyl (C=O) groups is 2. The molecule has 15 heavy (non-hydrogen) atoms. The molecule has 0 radical (unpaired) electrons. The molecule has 82 valence electrons. The van der Waals surface area contributed by atoms with Crippen LogP contribution in [0.3, 0.4) is 0 Å². The Kier molecular flexibility index (Phi) is 4.17. The quantitative estimate of drug-likeness (QED) is 0.615. The van der Waals surface area contributed by atoms with E-state index in [2.05, 4.69) is 10.1 Å². The zero-order chi connectivity index (χ0) is 11.3. The number of furan rings is 1. The maximum Gasteiger partial charge on any atom is 0.325 e. The molecule has 0 saturated carbocycles. The minimum Gasteiger partial charge on any atom is -0.468 e. The first-order chi connectivity index (χ1) is 7.15. The van der Waals surface area contributed by atoms with Gasteiger partial charge in [0.1, 0.15) is 5.38 Å². The van der Waals surface area contributed by atoms with E-state index in [4.69, 9.17) is 16.0 Å². The molecule has 1 aromatic heterocycles. The van der Waals surface area contributed by atoms with Crippen LogP contribution in [0.4, 0.5) is 0 Å². The highest BCUT2D eigenvalue weighted by molar-refractivity contribution is 6.30. The lowest BCUT2D eigenvalue weighted by molar-refractivity contribution is -0.140. The number of carbonyl (C=O) groups excluding carboxylic acids is 2. The van der Waals surface area contributed by atoms with Gasteiger partial charge in [-0.15, -0.1) is 11.6 Å². The Morgan fingerprint density at radius 2 is 2.40 bits per heavy atom. The van der Waals surface area contributed by atoms with Crippen LogP contribution in [0.25, 0.3) is 0 Å². The standard InChI is InChI=1S/C9H10ClNO4/c1-14-9(13)6(10)5-11-8(12)7-3-2-4-15-7/h2-4,6H,5H2,1H3,(H,11,12). The molecule has 0 aliphatic rings. The lowest BCUT2D eigenvalue weighted by atomic mass is 10.4. The van der Waals surface area contributed by atoms with Gasteiger partial charge < -0.3 is 14.5 Å². The highest BCUT2D eigenvalue weighted by Crippen LogP contribution is 2.01. The van der Waals surface area contributed by atoms with Crippen molar-refractivity contribution < 1.29 is 18.7 Å². The highest BCUT2D eigenvalue weighted by atomic mass is 35.5. The molecule has 0 fully saturated rings. The molecule has 1 rings (SSSR count). The summed E-state index contributed by atoms with van der Waals surface area (Å²) in [7, 11) is 1.23. The minimum absolute atomic E-state index is 0.00619. The highest BCUT2D eigenvalue weighted by Gasteiger charge is 2.17. The number of ether oxygens (including phenoxy) is 1. The summed E-state index contributed by atoms with van der Waals surface area (Å²) in [6, 6.07) is 3.10. The van der Waals surface area contributed by atoms with Gasteiger partial charge in [0, 0.05) is 6.54 Å². The summed E-state index contributed by atoms with van der Waals surface area (Å²) in [6.07, 6.45) is 1.38. The van der Waals surface area contributed by atoms with Gasteiger partial charge in [0.15, 0.2) is 5.76 Å². The average molecular weight is 232 g/mol. The van der Waals surface area contributed by atoms with Crippen molar-refractivity contribution in [2.75, 3.05) is 13.7 Å². The molecule has 1 amide bonds. The monoisotopic (exact) mass is 231 g/mol. The molecule has 0 bridgehead atoms. The Morgan fingerprint density at radius 3 is 2.93 bits per heavy atom. The fraction of sp³-hybridized carbons (Fsp3) is 0.333. The summed E-state index contributed by atoms with van der Waals surface area (Å²) in [5.74, 6) is -0.838. The first kappa shape index (κ1) is 11.6. The largest absolute Gasteiger partial charge is 0.468 e.